The third kappa shape index (κ3) is 1.54. The summed E-state index contributed by atoms with van der Waals surface area (Å²) >= 11 is 0. The molecule has 0 aromatic rings. The standard InChI is InChI=1S/C4H3NO2.Zn/c6-3-1-2-4(7)5-3;/h1-2H,(H,5,6,7);. The predicted molar refractivity (Wildman–Crippen MR) is 22.3 cm³/mol. The van der Waals surface area contributed by atoms with Gasteiger partial charge in [0.1, 0.15) is 0 Å². The second-order valence-corrected chi connectivity index (χ2v) is 1.19. The van der Waals surface area contributed by atoms with Crippen LogP contribution in [0.1, 0.15) is 0 Å². The van der Waals surface area contributed by atoms with Crippen molar-refractivity contribution in [3.63, 3.8) is 0 Å². The molecule has 4 heteroatoms. The van der Waals surface area contributed by atoms with E-state index in [0.717, 1.165) is 0 Å². The number of carbonyl (C=O) groups excluding carboxylic acids is 2. The summed E-state index contributed by atoms with van der Waals surface area (Å²) < 4.78 is 0. The van der Waals surface area contributed by atoms with Crippen molar-refractivity contribution in [1.29, 1.82) is 0 Å². The molecule has 1 aliphatic rings. The van der Waals surface area contributed by atoms with Gasteiger partial charge in [0.05, 0.1) is 0 Å². The minimum Gasteiger partial charge on any atom is -0.289 e. The zero-order chi connectivity index (χ0) is 5.28. The van der Waals surface area contributed by atoms with Gasteiger partial charge in [-0.3, -0.25) is 14.9 Å². The number of hydrogen-bond donors (Lipinski definition) is 1. The summed E-state index contributed by atoms with van der Waals surface area (Å²) in [7, 11) is 0. The van der Waals surface area contributed by atoms with Gasteiger partial charge in [0.15, 0.2) is 0 Å². The van der Waals surface area contributed by atoms with E-state index in [1.807, 2.05) is 5.32 Å². The summed E-state index contributed by atoms with van der Waals surface area (Å²) in [4.78, 5) is 20.1. The fourth-order valence-electron chi connectivity index (χ4n) is 0.356. The largest absolute Gasteiger partial charge is 0.289 e. The number of carbonyl (C=O) groups is 2. The van der Waals surface area contributed by atoms with Crippen LogP contribution in [0.15, 0.2) is 12.2 Å². The van der Waals surface area contributed by atoms with Gasteiger partial charge in [-0.2, -0.15) is 0 Å². The molecular weight excluding hydrogens is 159 g/mol. The first-order valence-electron chi connectivity index (χ1n) is 1.82. The molecule has 0 spiro atoms. The van der Waals surface area contributed by atoms with Crippen LogP contribution in [-0.4, -0.2) is 11.8 Å². The van der Waals surface area contributed by atoms with Gasteiger partial charge in [-0.25, -0.2) is 0 Å². The third-order valence-corrected chi connectivity index (χ3v) is 0.632. The first-order valence-corrected chi connectivity index (χ1v) is 1.82. The van der Waals surface area contributed by atoms with E-state index < -0.39 is 0 Å². The van der Waals surface area contributed by atoms with Gasteiger partial charge < -0.3 is 0 Å². The summed E-state index contributed by atoms with van der Waals surface area (Å²) in [6.45, 7) is 0. The van der Waals surface area contributed by atoms with Crippen LogP contribution in [0.2, 0.25) is 0 Å². The monoisotopic (exact) mass is 161 g/mol. The van der Waals surface area contributed by atoms with Gasteiger partial charge in [0.2, 0.25) is 0 Å². The normalized spacial score (nSPS) is 15.5. The molecule has 0 radical (unpaired) electrons. The SMILES string of the molecule is O=C1C=CC(=O)N1.[Zn]. The van der Waals surface area contributed by atoms with Gasteiger partial charge >= 0.3 is 0 Å². The Balaban J connectivity index is 0.000000490. The molecular formula is C4H3NO2Zn. The summed E-state index contributed by atoms with van der Waals surface area (Å²) in [6, 6.07) is 0. The maximum atomic E-state index is 10.0. The van der Waals surface area contributed by atoms with Gasteiger partial charge in [-0.05, 0) is 0 Å². The number of imide groups is 1. The molecule has 2 amide bonds. The molecule has 0 aromatic carbocycles. The fraction of sp³-hybridized carbons (Fsp3) is 0. The molecule has 1 N–H and O–H groups in total. The Labute approximate surface area is 58.9 Å². The molecule has 0 bridgehead atoms. The number of nitrogens with one attached hydrogen (secondary N) is 1. The summed E-state index contributed by atoms with van der Waals surface area (Å²) in [5.41, 5.74) is 0. The van der Waals surface area contributed by atoms with Crippen LogP contribution in [-0.2, 0) is 29.1 Å². The first-order chi connectivity index (χ1) is 3.29. The van der Waals surface area contributed by atoms with Crippen molar-refractivity contribution in [2.24, 2.45) is 0 Å². The van der Waals surface area contributed by atoms with Gasteiger partial charge in [-0.1, -0.05) is 0 Å². The minimum atomic E-state index is -0.329. The Morgan fingerprint density at radius 2 is 1.50 bits per heavy atom. The Morgan fingerprint density at radius 1 is 1.12 bits per heavy atom. The number of amides is 2. The van der Waals surface area contributed by atoms with Crippen LogP contribution in [0, 0.1) is 0 Å². The Bertz CT molecular complexity index is 136. The van der Waals surface area contributed by atoms with Crippen molar-refractivity contribution >= 4 is 11.8 Å². The molecule has 0 aromatic heterocycles. The predicted octanol–water partition coefficient (Wildman–Crippen LogP) is -0.804. The van der Waals surface area contributed by atoms with Crippen molar-refractivity contribution in [3.05, 3.63) is 12.2 Å². The molecule has 0 fully saturated rings. The van der Waals surface area contributed by atoms with E-state index in [2.05, 4.69) is 0 Å². The van der Waals surface area contributed by atoms with Crippen LogP contribution < -0.4 is 5.32 Å². The number of rotatable bonds is 0. The molecule has 0 atom stereocenters. The molecule has 3 nitrogen and oxygen atoms in total. The summed E-state index contributed by atoms with van der Waals surface area (Å²) in [6.07, 6.45) is 2.39. The Morgan fingerprint density at radius 3 is 1.62 bits per heavy atom. The molecule has 8 heavy (non-hydrogen) atoms. The van der Waals surface area contributed by atoms with Gasteiger partial charge in [-0.15, -0.1) is 0 Å². The van der Waals surface area contributed by atoms with E-state index in [1.165, 1.54) is 12.2 Å². The molecule has 0 aliphatic carbocycles. The molecule has 1 rings (SSSR count). The van der Waals surface area contributed by atoms with Crippen LogP contribution in [0.25, 0.3) is 0 Å². The zero-order valence-corrected chi connectivity index (χ0v) is 7.15. The van der Waals surface area contributed by atoms with E-state index in [0.29, 0.717) is 0 Å². The molecule has 38 valence electrons. The first kappa shape index (κ1) is 7.50. The van der Waals surface area contributed by atoms with Crippen molar-refractivity contribution in [3.8, 4) is 0 Å². The van der Waals surface area contributed by atoms with Crippen LogP contribution in [0.5, 0.6) is 0 Å². The molecule has 0 saturated heterocycles. The summed E-state index contributed by atoms with van der Waals surface area (Å²) in [5.74, 6) is -0.657. The zero-order valence-electron chi connectivity index (χ0n) is 4.18. The van der Waals surface area contributed by atoms with Crippen LogP contribution in [0.3, 0.4) is 0 Å². The Kier molecular flexibility index (Phi) is 2.55. The molecule has 0 unspecified atom stereocenters. The second kappa shape index (κ2) is 2.72. The summed E-state index contributed by atoms with van der Waals surface area (Å²) in [5, 5.41) is 2.03. The smallest absolute Gasteiger partial charge is 0.250 e. The molecule has 1 aliphatic heterocycles. The molecule has 1 heterocycles. The van der Waals surface area contributed by atoms with E-state index in [-0.39, 0.29) is 31.3 Å². The van der Waals surface area contributed by atoms with Crippen LogP contribution in [0.4, 0.5) is 0 Å². The quantitative estimate of drug-likeness (QED) is 0.374. The van der Waals surface area contributed by atoms with Crippen molar-refractivity contribution in [2.75, 3.05) is 0 Å². The van der Waals surface area contributed by atoms with Crippen molar-refractivity contribution in [2.45, 2.75) is 0 Å². The van der Waals surface area contributed by atoms with Crippen LogP contribution >= 0.6 is 0 Å². The Hall–Kier alpha value is -0.497. The number of hydrogen-bond acceptors (Lipinski definition) is 2. The van der Waals surface area contributed by atoms with Gasteiger partial charge in [0.25, 0.3) is 11.8 Å². The van der Waals surface area contributed by atoms with Crippen molar-refractivity contribution in [1.82, 2.24) is 5.32 Å². The maximum Gasteiger partial charge on any atom is 0.250 e. The van der Waals surface area contributed by atoms with E-state index in [1.54, 1.807) is 0 Å². The van der Waals surface area contributed by atoms with E-state index in [4.69, 9.17) is 0 Å². The van der Waals surface area contributed by atoms with Crippen molar-refractivity contribution < 1.29 is 29.1 Å². The van der Waals surface area contributed by atoms with E-state index >= 15 is 0 Å². The second-order valence-electron chi connectivity index (χ2n) is 1.19. The minimum absolute atomic E-state index is 0. The topological polar surface area (TPSA) is 46.2 Å². The maximum absolute atomic E-state index is 10.0. The average molecular weight is 162 g/mol. The average Bonchev–Trinajstić information content (AvgIpc) is 1.87. The third-order valence-electron chi connectivity index (χ3n) is 0.632. The van der Waals surface area contributed by atoms with E-state index in [9.17, 15) is 9.59 Å². The fourth-order valence-corrected chi connectivity index (χ4v) is 0.356. The van der Waals surface area contributed by atoms with Gasteiger partial charge in [0, 0.05) is 31.6 Å². The molecule has 0 saturated carbocycles.